The fraction of sp³-hybridized carbons (Fsp3) is 0.111. The van der Waals surface area contributed by atoms with Crippen LogP contribution in [-0.4, -0.2) is 16.9 Å². The van der Waals surface area contributed by atoms with Gasteiger partial charge in [-0.2, -0.15) is 0 Å². The van der Waals surface area contributed by atoms with Crippen molar-refractivity contribution in [3.05, 3.63) is 33.1 Å². The molecule has 1 N–H and O–H groups in total. The molecular weight excluding hydrogens is 284 g/mol. The number of ketones is 1. The minimum atomic E-state index is -1.74. The molecule has 0 bridgehead atoms. The van der Waals surface area contributed by atoms with Crippen molar-refractivity contribution in [1.82, 2.24) is 0 Å². The molecule has 0 fully saturated rings. The summed E-state index contributed by atoms with van der Waals surface area (Å²) in [6.07, 6.45) is -1.11. The van der Waals surface area contributed by atoms with Crippen molar-refractivity contribution in [3.8, 4) is 0 Å². The average molecular weight is 287 g/mol. The lowest BCUT2D eigenvalue weighted by Crippen LogP contribution is -2.12. The van der Waals surface area contributed by atoms with Crippen LogP contribution in [0.15, 0.2) is 0 Å². The summed E-state index contributed by atoms with van der Waals surface area (Å²) >= 11 is 10.3. The standard InChI is InChI=1S/C9H3Cl2F3O3/c10-5-4(2(15)1-3(16)17)7(12)6(11)9(14)8(5)13/h1H2,(H,16,17). The normalized spacial score (nSPS) is 10.4. The Morgan fingerprint density at radius 3 is 1.94 bits per heavy atom. The van der Waals surface area contributed by atoms with E-state index < -0.39 is 51.2 Å². The second kappa shape index (κ2) is 4.93. The lowest BCUT2D eigenvalue weighted by Gasteiger charge is -2.07. The van der Waals surface area contributed by atoms with Crippen LogP contribution in [0.1, 0.15) is 16.8 Å². The third kappa shape index (κ3) is 2.53. The topological polar surface area (TPSA) is 54.4 Å². The Labute approximate surface area is 103 Å². The summed E-state index contributed by atoms with van der Waals surface area (Å²) in [7, 11) is 0. The molecule has 0 aliphatic carbocycles. The van der Waals surface area contributed by atoms with Crippen molar-refractivity contribution < 1.29 is 27.9 Å². The zero-order valence-corrected chi connectivity index (χ0v) is 9.37. The quantitative estimate of drug-likeness (QED) is 0.402. The molecular formula is C9H3Cl2F3O3. The molecule has 1 rings (SSSR count). The maximum Gasteiger partial charge on any atom is 0.311 e. The fourth-order valence-corrected chi connectivity index (χ4v) is 1.52. The number of hydrogen-bond donors (Lipinski definition) is 1. The predicted octanol–water partition coefficient (Wildman–Crippen LogP) is 3.07. The number of carbonyl (C=O) groups excluding carboxylic acids is 1. The monoisotopic (exact) mass is 286 g/mol. The number of rotatable bonds is 3. The third-order valence-corrected chi connectivity index (χ3v) is 2.49. The maximum absolute atomic E-state index is 13.4. The van der Waals surface area contributed by atoms with Gasteiger partial charge in [0.05, 0.1) is 10.6 Å². The Morgan fingerprint density at radius 2 is 1.47 bits per heavy atom. The fourth-order valence-electron chi connectivity index (χ4n) is 1.08. The molecule has 0 aromatic heterocycles. The van der Waals surface area contributed by atoms with Gasteiger partial charge in [-0.3, -0.25) is 9.59 Å². The first-order chi connectivity index (χ1) is 7.77. The van der Waals surface area contributed by atoms with Gasteiger partial charge in [0.15, 0.2) is 23.2 Å². The number of aliphatic carboxylic acids is 1. The van der Waals surface area contributed by atoms with E-state index in [1.54, 1.807) is 0 Å². The molecule has 0 atom stereocenters. The smallest absolute Gasteiger partial charge is 0.311 e. The SMILES string of the molecule is O=C(O)CC(=O)c1c(F)c(Cl)c(F)c(F)c1Cl. The van der Waals surface area contributed by atoms with Crippen LogP contribution in [0.4, 0.5) is 13.2 Å². The van der Waals surface area contributed by atoms with Crippen molar-refractivity contribution in [2.24, 2.45) is 0 Å². The summed E-state index contributed by atoms with van der Waals surface area (Å²) in [5.41, 5.74) is -1.07. The van der Waals surface area contributed by atoms with E-state index in [4.69, 9.17) is 28.3 Å². The number of carboxylic acids is 1. The van der Waals surface area contributed by atoms with Crippen molar-refractivity contribution >= 4 is 35.0 Å². The Morgan fingerprint density at radius 1 is 1.00 bits per heavy atom. The summed E-state index contributed by atoms with van der Waals surface area (Å²) < 4.78 is 39.3. The van der Waals surface area contributed by atoms with E-state index in [9.17, 15) is 22.8 Å². The Bertz CT molecular complexity index is 488. The van der Waals surface area contributed by atoms with Gasteiger partial charge in [-0.25, -0.2) is 13.2 Å². The summed E-state index contributed by atoms with van der Waals surface area (Å²) in [6.45, 7) is 0. The maximum atomic E-state index is 13.4. The highest BCUT2D eigenvalue weighted by atomic mass is 35.5. The molecule has 0 saturated heterocycles. The van der Waals surface area contributed by atoms with Gasteiger partial charge in [0, 0.05) is 0 Å². The van der Waals surface area contributed by atoms with Crippen molar-refractivity contribution in [2.45, 2.75) is 6.42 Å². The summed E-state index contributed by atoms with van der Waals surface area (Å²) in [4.78, 5) is 21.5. The number of carbonyl (C=O) groups is 2. The minimum Gasteiger partial charge on any atom is -0.481 e. The molecule has 3 nitrogen and oxygen atoms in total. The summed E-state index contributed by atoms with van der Waals surface area (Å²) in [5, 5.41) is 5.95. The molecule has 1 aromatic carbocycles. The molecule has 0 aliphatic rings. The second-order valence-electron chi connectivity index (χ2n) is 2.94. The highest BCUT2D eigenvalue weighted by molar-refractivity contribution is 6.36. The van der Waals surface area contributed by atoms with Crippen molar-refractivity contribution in [2.75, 3.05) is 0 Å². The molecule has 0 aliphatic heterocycles. The number of halogens is 5. The molecule has 8 heteroatoms. The van der Waals surface area contributed by atoms with Gasteiger partial charge in [-0.1, -0.05) is 23.2 Å². The summed E-state index contributed by atoms with van der Waals surface area (Å²) in [6, 6.07) is 0. The molecule has 1 aromatic rings. The van der Waals surface area contributed by atoms with Gasteiger partial charge >= 0.3 is 5.97 Å². The second-order valence-corrected chi connectivity index (χ2v) is 3.69. The van der Waals surface area contributed by atoms with E-state index in [0.29, 0.717) is 0 Å². The molecule has 92 valence electrons. The highest BCUT2D eigenvalue weighted by Gasteiger charge is 2.27. The van der Waals surface area contributed by atoms with E-state index in [2.05, 4.69) is 0 Å². The molecule has 0 unspecified atom stereocenters. The van der Waals surface area contributed by atoms with E-state index in [0.717, 1.165) is 0 Å². The molecule has 0 radical (unpaired) electrons. The van der Waals surface area contributed by atoms with Gasteiger partial charge in [-0.15, -0.1) is 0 Å². The van der Waals surface area contributed by atoms with Crippen LogP contribution < -0.4 is 0 Å². The minimum absolute atomic E-state index is 1.07. The van der Waals surface area contributed by atoms with Crippen LogP contribution in [-0.2, 0) is 4.79 Å². The van der Waals surface area contributed by atoms with Crippen LogP contribution in [0.5, 0.6) is 0 Å². The highest BCUT2D eigenvalue weighted by Crippen LogP contribution is 2.32. The van der Waals surface area contributed by atoms with E-state index in [1.165, 1.54) is 0 Å². The van der Waals surface area contributed by atoms with Crippen molar-refractivity contribution in [1.29, 1.82) is 0 Å². The van der Waals surface area contributed by atoms with Crippen LogP contribution in [0.25, 0.3) is 0 Å². The predicted molar refractivity (Wildman–Crippen MR) is 52.9 cm³/mol. The van der Waals surface area contributed by atoms with E-state index in [-0.39, 0.29) is 0 Å². The van der Waals surface area contributed by atoms with Gasteiger partial charge < -0.3 is 5.11 Å². The van der Waals surface area contributed by atoms with E-state index in [1.807, 2.05) is 0 Å². The van der Waals surface area contributed by atoms with Crippen molar-refractivity contribution in [3.63, 3.8) is 0 Å². The molecule has 17 heavy (non-hydrogen) atoms. The largest absolute Gasteiger partial charge is 0.481 e. The van der Waals surface area contributed by atoms with Gasteiger partial charge in [0.2, 0.25) is 0 Å². The number of carboxylic acid groups (broad SMARTS) is 1. The van der Waals surface area contributed by atoms with Crippen LogP contribution in [0.2, 0.25) is 10.0 Å². The zero-order chi connectivity index (χ0) is 13.3. The zero-order valence-electron chi connectivity index (χ0n) is 7.86. The van der Waals surface area contributed by atoms with Crippen LogP contribution >= 0.6 is 23.2 Å². The lowest BCUT2D eigenvalue weighted by atomic mass is 10.1. The van der Waals surface area contributed by atoms with Gasteiger partial charge in [0.25, 0.3) is 0 Å². The van der Waals surface area contributed by atoms with Gasteiger partial charge in [-0.05, 0) is 0 Å². The van der Waals surface area contributed by atoms with Gasteiger partial charge in [0.1, 0.15) is 11.4 Å². The first kappa shape index (κ1) is 13.8. The average Bonchev–Trinajstić information content (AvgIpc) is 2.23. The lowest BCUT2D eigenvalue weighted by molar-refractivity contribution is -0.135. The Hall–Kier alpha value is -1.27. The number of hydrogen-bond acceptors (Lipinski definition) is 2. The molecule has 0 saturated carbocycles. The molecule has 0 spiro atoms. The van der Waals surface area contributed by atoms with Crippen LogP contribution in [0, 0.1) is 17.5 Å². The Balaban J connectivity index is 3.44. The third-order valence-electron chi connectivity index (χ3n) is 1.80. The number of Topliss-reactive ketones (excluding diaryl/α,β-unsaturated/α-hetero) is 1. The number of benzene rings is 1. The van der Waals surface area contributed by atoms with E-state index >= 15 is 0 Å². The first-order valence-electron chi connectivity index (χ1n) is 4.03. The Kier molecular flexibility index (Phi) is 4.00. The molecule has 0 amide bonds. The first-order valence-corrected chi connectivity index (χ1v) is 4.79. The van der Waals surface area contributed by atoms with Crippen LogP contribution in [0.3, 0.4) is 0 Å². The molecule has 0 heterocycles. The summed E-state index contributed by atoms with van der Waals surface area (Å²) in [5.74, 6) is -7.89.